The highest BCUT2D eigenvalue weighted by Crippen LogP contribution is 2.20. The molecule has 102 valence electrons. The lowest BCUT2D eigenvalue weighted by molar-refractivity contribution is 0.261. The zero-order valence-electron chi connectivity index (χ0n) is 12.5. The molecule has 2 heteroatoms. The molecule has 2 nitrogen and oxygen atoms in total. The normalized spacial score (nSPS) is 11.3. The number of nitrogens with zero attached hydrogens (tertiary/aromatic N) is 1. The van der Waals surface area contributed by atoms with Crippen molar-refractivity contribution in [2.24, 2.45) is 5.92 Å². The smallest absolute Gasteiger partial charge is 0.119 e. The molecule has 0 aliphatic heterocycles. The van der Waals surface area contributed by atoms with E-state index in [4.69, 9.17) is 4.74 Å². The van der Waals surface area contributed by atoms with Crippen molar-refractivity contribution in [1.82, 2.24) is 4.90 Å². The third kappa shape index (κ3) is 5.54. The van der Waals surface area contributed by atoms with E-state index in [9.17, 15) is 0 Å². The van der Waals surface area contributed by atoms with Crippen LogP contribution in [0.25, 0.3) is 0 Å². The first kappa shape index (κ1) is 15.0. The van der Waals surface area contributed by atoms with Gasteiger partial charge in [-0.15, -0.1) is 0 Å². The summed E-state index contributed by atoms with van der Waals surface area (Å²) in [6.07, 6.45) is 2.19. The van der Waals surface area contributed by atoms with E-state index < -0.39 is 0 Å². The summed E-state index contributed by atoms with van der Waals surface area (Å²) in [5.74, 6) is 1.71. The molecule has 0 aromatic heterocycles. The average Bonchev–Trinajstić information content (AvgIpc) is 2.27. The van der Waals surface area contributed by atoms with E-state index in [2.05, 4.69) is 58.0 Å². The number of aryl methyl sites for hydroxylation is 1. The Morgan fingerprint density at radius 2 is 1.78 bits per heavy atom. The van der Waals surface area contributed by atoms with Crippen LogP contribution in [-0.4, -0.2) is 32.1 Å². The van der Waals surface area contributed by atoms with Gasteiger partial charge in [-0.2, -0.15) is 0 Å². The van der Waals surface area contributed by atoms with Gasteiger partial charge in [-0.25, -0.2) is 0 Å². The lowest BCUT2D eigenvalue weighted by Crippen LogP contribution is -2.19. The van der Waals surface area contributed by atoms with Crippen molar-refractivity contribution in [2.75, 3.05) is 27.2 Å². The third-order valence-corrected chi connectivity index (χ3v) is 2.89. The Labute approximate surface area is 112 Å². The Kier molecular flexibility index (Phi) is 6.20. The van der Waals surface area contributed by atoms with Crippen LogP contribution >= 0.6 is 0 Å². The van der Waals surface area contributed by atoms with Crippen molar-refractivity contribution in [3.63, 3.8) is 0 Å². The number of hydrogen-bond acceptors (Lipinski definition) is 2. The van der Waals surface area contributed by atoms with Crippen LogP contribution in [0, 0.1) is 5.92 Å². The minimum Gasteiger partial charge on any atom is -0.492 e. The first-order valence-corrected chi connectivity index (χ1v) is 6.91. The SMILES string of the molecule is CCc1cc(CC(C)C)cc(OCCN(C)C)c1. The highest BCUT2D eigenvalue weighted by molar-refractivity contribution is 5.34. The molecule has 0 aliphatic rings. The molecule has 1 rings (SSSR count). The molecule has 0 bridgehead atoms. The summed E-state index contributed by atoms with van der Waals surface area (Å²) in [6, 6.07) is 6.66. The molecule has 0 saturated carbocycles. The van der Waals surface area contributed by atoms with Crippen LogP contribution in [0.2, 0.25) is 0 Å². The molecular weight excluding hydrogens is 222 g/mol. The maximum atomic E-state index is 5.84. The maximum Gasteiger partial charge on any atom is 0.119 e. The monoisotopic (exact) mass is 249 g/mol. The highest BCUT2D eigenvalue weighted by Gasteiger charge is 2.04. The average molecular weight is 249 g/mol. The Bertz CT molecular complexity index is 358. The van der Waals surface area contributed by atoms with Crippen molar-refractivity contribution >= 4 is 0 Å². The van der Waals surface area contributed by atoms with Crippen molar-refractivity contribution < 1.29 is 4.74 Å². The molecule has 0 amide bonds. The van der Waals surface area contributed by atoms with Crippen LogP contribution in [0.5, 0.6) is 5.75 Å². The molecule has 0 heterocycles. The molecule has 0 N–H and O–H groups in total. The number of benzene rings is 1. The fourth-order valence-electron chi connectivity index (χ4n) is 1.95. The van der Waals surface area contributed by atoms with E-state index in [0.717, 1.165) is 31.7 Å². The summed E-state index contributed by atoms with van der Waals surface area (Å²) in [4.78, 5) is 2.14. The summed E-state index contributed by atoms with van der Waals surface area (Å²) in [6.45, 7) is 8.41. The van der Waals surface area contributed by atoms with Gasteiger partial charge in [-0.1, -0.05) is 26.8 Å². The lowest BCUT2D eigenvalue weighted by atomic mass is 10.00. The quantitative estimate of drug-likeness (QED) is 0.734. The van der Waals surface area contributed by atoms with E-state index in [1.165, 1.54) is 11.1 Å². The van der Waals surface area contributed by atoms with Crippen molar-refractivity contribution in [3.8, 4) is 5.75 Å². The number of likely N-dealkylation sites (N-methyl/N-ethyl adjacent to an activating group) is 1. The van der Waals surface area contributed by atoms with Crippen LogP contribution in [0.15, 0.2) is 18.2 Å². The van der Waals surface area contributed by atoms with Crippen LogP contribution in [0.4, 0.5) is 0 Å². The Balaban J connectivity index is 2.70. The first-order valence-electron chi connectivity index (χ1n) is 6.91. The molecule has 0 spiro atoms. The second-order valence-electron chi connectivity index (χ2n) is 5.59. The fraction of sp³-hybridized carbons (Fsp3) is 0.625. The number of hydrogen-bond donors (Lipinski definition) is 0. The van der Waals surface area contributed by atoms with Crippen LogP contribution in [0.1, 0.15) is 31.9 Å². The molecule has 0 saturated heterocycles. The topological polar surface area (TPSA) is 12.5 Å². The molecule has 0 unspecified atom stereocenters. The summed E-state index contributed by atoms with van der Waals surface area (Å²) in [5, 5.41) is 0. The van der Waals surface area contributed by atoms with Gasteiger partial charge in [-0.05, 0) is 56.1 Å². The summed E-state index contributed by atoms with van der Waals surface area (Å²) < 4.78 is 5.84. The van der Waals surface area contributed by atoms with E-state index in [-0.39, 0.29) is 0 Å². The van der Waals surface area contributed by atoms with Gasteiger partial charge in [0.15, 0.2) is 0 Å². The van der Waals surface area contributed by atoms with Gasteiger partial charge in [0, 0.05) is 6.54 Å². The summed E-state index contributed by atoms with van der Waals surface area (Å²) in [5.41, 5.74) is 2.76. The van der Waals surface area contributed by atoms with Crippen molar-refractivity contribution in [1.29, 1.82) is 0 Å². The fourth-order valence-corrected chi connectivity index (χ4v) is 1.95. The van der Waals surface area contributed by atoms with Crippen molar-refractivity contribution in [3.05, 3.63) is 29.3 Å². The molecule has 0 radical (unpaired) electrons. The molecule has 18 heavy (non-hydrogen) atoms. The van der Waals surface area contributed by atoms with Gasteiger partial charge >= 0.3 is 0 Å². The van der Waals surface area contributed by atoms with Crippen LogP contribution in [0.3, 0.4) is 0 Å². The largest absolute Gasteiger partial charge is 0.492 e. The lowest BCUT2D eigenvalue weighted by Gasteiger charge is -2.14. The van der Waals surface area contributed by atoms with Gasteiger partial charge in [0.05, 0.1) is 0 Å². The third-order valence-electron chi connectivity index (χ3n) is 2.89. The van der Waals surface area contributed by atoms with E-state index in [1.807, 2.05) is 0 Å². The second kappa shape index (κ2) is 7.42. The zero-order chi connectivity index (χ0) is 13.5. The predicted octanol–water partition coefficient (Wildman–Crippen LogP) is 3.39. The Morgan fingerprint density at radius 3 is 2.33 bits per heavy atom. The van der Waals surface area contributed by atoms with Crippen molar-refractivity contribution in [2.45, 2.75) is 33.6 Å². The molecule has 1 aromatic rings. The summed E-state index contributed by atoms with van der Waals surface area (Å²) in [7, 11) is 4.13. The minimum absolute atomic E-state index is 0.687. The zero-order valence-corrected chi connectivity index (χ0v) is 12.5. The second-order valence-corrected chi connectivity index (χ2v) is 5.59. The minimum atomic E-state index is 0.687. The number of ether oxygens (including phenoxy) is 1. The Morgan fingerprint density at radius 1 is 1.11 bits per heavy atom. The van der Waals surface area contributed by atoms with E-state index >= 15 is 0 Å². The molecule has 0 aliphatic carbocycles. The van der Waals surface area contributed by atoms with Gasteiger partial charge in [-0.3, -0.25) is 0 Å². The van der Waals surface area contributed by atoms with E-state index in [1.54, 1.807) is 0 Å². The van der Waals surface area contributed by atoms with Crippen LogP contribution < -0.4 is 4.74 Å². The molecule has 0 fully saturated rings. The van der Waals surface area contributed by atoms with Gasteiger partial charge in [0.2, 0.25) is 0 Å². The highest BCUT2D eigenvalue weighted by atomic mass is 16.5. The Hall–Kier alpha value is -1.02. The first-order chi connectivity index (χ1) is 8.51. The predicted molar refractivity (Wildman–Crippen MR) is 78.4 cm³/mol. The van der Waals surface area contributed by atoms with Crippen LogP contribution in [-0.2, 0) is 12.8 Å². The van der Waals surface area contributed by atoms with E-state index in [0.29, 0.717) is 5.92 Å². The van der Waals surface area contributed by atoms with Gasteiger partial charge < -0.3 is 9.64 Å². The molecule has 1 aromatic carbocycles. The van der Waals surface area contributed by atoms with Gasteiger partial charge in [0.25, 0.3) is 0 Å². The standard InChI is InChI=1S/C16H27NO/c1-6-14-10-15(9-13(2)3)12-16(11-14)18-8-7-17(4)5/h10-13H,6-9H2,1-5H3. The molecular formula is C16H27NO. The van der Waals surface area contributed by atoms with Gasteiger partial charge in [0.1, 0.15) is 12.4 Å². The summed E-state index contributed by atoms with van der Waals surface area (Å²) >= 11 is 0. The maximum absolute atomic E-state index is 5.84. The number of rotatable bonds is 7. The molecule has 0 atom stereocenters.